The zero-order valence-electron chi connectivity index (χ0n) is 10.0. The van der Waals surface area contributed by atoms with Crippen molar-refractivity contribution in [3.8, 4) is 5.75 Å². The van der Waals surface area contributed by atoms with E-state index in [9.17, 15) is 9.90 Å². The number of aryl methyl sites for hydroxylation is 2. The minimum Gasteiger partial charge on any atom is -0.505 e. The summed E-state index contributed by atoms with van der Waals surface area (Å²) in [5.41, 5.74) is 1.77. The van der Waals surface area contributed by atoms with Crippen molar-refractivity contribution in [2.75, 3.05) is 0 Å². The Morgan fingerprint density at radius 2 is 1.84 bits per heavy atom. The van der Waals surface area contributed by atoms with Crippen LogP contribution in [0.2, 0.25) is 5.02 Å². The second-order valence-electron chi connectivity index (χ2n) is 4.09. The molecule has 1 aromatic heterocycles. The fraction of sp³-hybridized carbons (Fsp3) is 0.143. The number of nitrogens with zero attached hydrogens (tertiary/aromatic N) is 1. The molecule has 5 heteroatoms. The van der Waals surface area contributed by atoms with Gasteiger partial charge in [0.15, 0.2) is 5.75 Å². The number of hydrogen-bond donors (Lipinski definition) is 2. The van der Waals surface area contributed by atoms with E-state index in [4.69, 9.17) is 16.7 Å². The summed E-state index contributed by atoms with van der Waals surface area (Å²) in [6.45, 7) is 0. The maximum atomic E-state index is 10.7. The van der Waals surface area contributed by atoms with Gasteiger partial charge in [-0.25, -0.2) is 4.79 Å². The van der Waals surface area contributed by atoms with Crippen molar-refractivity contribution in [3.05, 3.63) is 58.4 Å². The highest BCUT2D eigenvalue weighted by Crippen LogP contribution is 2.25. The van der Waals surface area contributed by atoms with Crippen molar-refractivity contribution in [1.29, 1.82) is 0 Å². The standard InChI is InChI=1S/C14H12ClNO3/c15-11-7-8-16-12(13(11)17)6-3-9-1-4-10(5-2-9)14(18)19/h1-2,4-5,7-8,17H,3,6H2,(H,18,19). The van der Waals surface area contributed by atoms with E-state index in [0.717, 1.165) is 5.56 Å². The van der Waals surface area contributed by atoms with Crippen LogP contribution in [0.1, 0.15) is 21.6 Å². The number of pyridine rings is 1. The first kappa shape index (κ1) is 13.4. The number of aromatic hydroxyl groups is 1. The quantitative estimate of drug-likeness (QED) is 0.901. The molecular formula is C14H12ClNO3. The highest BCUT2D eigenvalue weighted by molar-refractivity contribution is 6.32. The van der Waals surface area contributed by atoms with Crippen molar-refractivity contribution in [3.63, 3.8) is 0 Å². The van der Waals surface area contributed by atoms with Gasteiger partial charge >= 0.3 is 5.97 Å². The van der Waals surface area contributed by atoms with Gasteiger partial charge in [-0.1, -0.05) is 23.7 Å². The van der Waals surface area contributed by atoms with Gasteiger partial charge in [-0.2, -0.15) is 0 Å². The first-order valence-electron chi connectivity index (χ1n) is 5.72. The average molecular weight is 278 g/mol. The third kappa shape index (κ3) is 3.23. The van der Waals surface area contributed by atoms with Gasteiger partial charge in [0.25, 0.3) is 0 Å². The Bertz CT molecular complexity index is 596. The van der Waals surface area contributed by atoms with Crippen LogP contribution in [0, 0.1) is 0 Å². The van der Waals surface area contributed by atoms with Crippen LogP contribution >= 0.6 is 11.6 Å². The zero-order valence-corrected chi connectivity index (χ0v) is 10.8. The molecule has 0 atom stereocenters. The van der Waals surface area contributed by atoms with Crippen molar-refractivity contribution < 1.29 is 15.0 Å². The van der Waals surface area contributed by atoms with Crippen LogP contribution in [0.15, 0.2) is 36.5 Å². The number of aromatic nitrogens is 1. The molecule has 0 saturated carbocycles. The molecule has 0 aliphatic heterocycles. The number of rotatable bonds is 4. The number of halogens is 1. The van der Waals surface area contributed by atoms with Gasteiger partial charge in [-0.3, -0.25) is 4.98 Å². The predicted octanol–water partition coefficient (Wildman–Crippen LogP) is 2.92. The summed E-state index contributed by atoms with van der Waals surface area (Å²) >= 11 is 5.80. The molecule has 4 nitrogen and oxygen atoms in total. The molecule has 2 aromatic rings. The largest absolute Gasteiger partial charge is 0.505 e. The minimum absolute atomic E-state index is 0.00585. The molecular weight excluding hydrogens is 266 g/mol. The van der Waals surface area contributed by atoms with Gasteiger partial charge in [0.2, 0.25) is 0 Å². The topological polar surface area (TPSA) is 70.4 Å². The summed E-state index contributed by atoms with van der Waals surface area (Å²) in [4.78, 5) is 14.8. The fourth-order valence-corrected chi connectivity index (χ4v) is 1.90. The Labute approximate surface area is 115 Å². The van der Waals surface area contributed by atoms with Crippen molar-refractivity contribution in [1.82, 2.24) is 4.98 Å². The Morgan fingerprint density at radius 3 is 2.47 bits per heavy atom. The van der Waals surface area contributed by atoms with E-state index in [1.807, 2.05) is 0 Å². The molecule has 0 unspecified atom stereocenters. The van der Waals surface area contributed by atoms with E-state index in [-0.39, 0.29) is 16.3 Å². The van der Waals surface area contributed by atoms with Gasteiger partial charge in [-0.05, 0) is 36.6 Å². The molecule has 1 aromatic carbocycles. The molecule has 0 aliphatic carbocycles. The molecule has 1 heterocycles. The Morgan fingerprint density at radius 1 is 1.16 bits per heavy atom. The van der Waals surface area contributed by atoms with Crippen molar-refractivity contribution in [2.24, 2.45) is 0 Å². The molecule has 2 rings (SSSR count). The molecule has 0 spiro atoms. The van der Waals surface area contributed by atoms with E-state index in [0.29, 0.717) is 18.5 Å². The SMILES string of the molecule is O=C(O)c1ccc(CCc2nccc(Cl)c2O)cc1. The van der Waals surface area contributed by atoms with Crippen LogP contribution in [-0.2, 0) is 12.8 Å². The lowest BCUT2D eigenvalue weighted by atomic mass is 10.1. The second-order valence-corrected chi connectivity index (χ2v) is 4.50. The highest BCUT2D eigenvalue weighted by Gasteiger charge is 2.07. The fourth-order valence-electron chi connectivity index (χ4n) is 1.73. The monoisotopic (exact) mass is 277 g/mol. The molecule has 19 heavy (non-hydrogen) atoms. The van der Waals surface area contributed by atoms with Gasteiger partial charge in [0.05, 0.1) is 16.3 Å². The summed E-state index contributed by atoms with van der Waals surface area (Å²) in [6, 6.07) is 8.16. The summed E-state index contributed by atoms with van der Waals surface area (Å²) in [5.74, 6) is -0.938. The Balaban J connectivity index is 2.06. The van der Waals surface area contributed by atoms with Gasteiger partial charge in [-0.15, -0.1) is 0 Å². The predicted molar refractivity (Wildman–Crippen MR) is 71.7 cm³/mol. The summed E-state index contributed by atoms with van der Waals surface area (Å²) in [5, 5.41) is 18.8. The maximum Gasteiger partial charge on any atom is 0.335 e. The lowest BCUT2D eigenvalue weighted by Crippen LogP contribution is -1.98. The lowest BCUT2D eigenvalue weighted by Gasteiger charge is -2.05. The first-order chi connectivity index (χ1) is 9.08. The zero-order chi connectivity index (χ0) is 13.8. The highest BCUT2D eigenvalue weighted by atomic mass is 35.5. The van der Waals surface area contributed by atoms with E-state index in [1.165, 1.54) is 6.07 Å². The molecule has 0 radical (unpaired) electrons. The molecule has 0 fully saturated rings. The number of carbonyl (C=O) groups is 1. The van der Waals surface area contributed by atoms with Crippen LogP contribution in [0.4, 0.5) is 0 Å². The molecule has 0 aliphatic rings. The number of carboxylic acid groups (broad SMARTS) is 1. The van der Waals surface area contributed by atoms with Crippen LogP contribution in [0.25, 0.3) is 0 Å². The normalized spacial score (nSPS) is 10.4. The van der Waals surface area contributed by atoms with Crippen LogP contribution < -0.4 is 0 Å². The number of carboxylic acids is 1. The number of hydrogen-bond acceptors (Lipinski definition) is 3. The summed E-state index contributed by atoms with van der Waals surface area (Å²) in [6.07, 6.45) is 2.74. The van der Waals surface area contributed by atoms with Gasteiger partial charge in [0, 0.05) is 6.20 Å². The maximum absolute atomic E-state index is 10.7. The molecule has 0 amide bonds. The molecule has 0 bridgehead atoms. The number of benzene rings is 1. The Hall–Kier alpha value is -2.07. The Kier molecular flexibility index (Phi) is 4.02. The summed E-state index contributed by atoms with van der Waals surface area (Å²) < 4.78 is 0. The van der Waals surface area contributed by atoms with E-state index in [1.54, 1.807) is 30.5 Å². The minimum atomic E-state index is -0.944. The van der Waals surface area contributed by atoms with E-state index >= 15 is 0 Å². The van der Waals surface area contributed by atoms with Crippen LogP contribution in [-0.4, -0.2) is 21.2 Å². The van der Waals surface area contributed by atoms with Crippen LogP contribution in [0.5, 0.6) is 5.75 Å². The number of aromatic carboxylic acids is 1. The molecule has 0 saturated heterocycles. The molecule has 2 N–H and O–H groups in total. The van der Waals surface area contributed by atoms with E-state index in [2.05, 4.69) is 4.98 Å². The first-order valence-corrected chi connectivity index (χ1v) is 6.10. The van der Waals surface area contributed by atoms with E-state index < -0.39 is 5.97 Å². The lowest BCUT2D eigenvalue weighted by molar-refractivity contribution is 0.0697. The second kappa shape index (κ2) is 5.71. The molecule has 98 valence electrons. The third-order valence-electron chi connectivity index (χ3n) is 2.80. The third-order valence-corrected chi connectivity index (χ3v) is 3.11. The smallest absolute Gasteiger partial charge is 0.335 e. The van der Waals surface area contributed by atoms with Crippen molar-refractivity contribution >= 4 is 17.6 Å². The van der Waals surface area contributed by atoms with Gasteiger partial charge in [0.1, 0.15) is 0 Å². The average Bonchev–Trinajstić information content (AvgIpc) is 2.41. The van der Waals surface area contributed by atoms with Crippen LogP contribution in [0.3, 0.4) is 0 Å². The summed E-state index contributed by atoms with van der Waals surface area (Å²) in [7, 11) is 0. The van der Waals surface area contributed by atoms with Gasteiger partial charge < -0.3 is 10.2 Å². The van der Waals surface area contributed by atoms with Crippen molar-refractivity contribution in [2.45, 2.75) is 12.8 Å².